The third-order valence-corrected chi connectivity index (χ3v) is 9.52. The van der Waals surface area contributed by atoms with Gasteiger partial charge in [-0.2, -0.15) is 0 Å². The fraction of sp³-hybridized carbons (Fsp3) is 0.647. The van der Waals surface area contributed by atoms with Crippen molar-refractivity contribution in [3.05, 3.63) is 35.4 Å². The summed E-state index contributed by atoms with van der Waals surface area (Å²) < 4.78 is 46.7. The van der Waals surface area contributed by atoms with Gasteiger partial charge in [-0.25, -0.2) is 0 Å². The monoisotopic (exact) mass is 622 g/mol. The first-order chi connectivity index (χ1) is 20.4. The first kappa shape index (κ1) is 37.1. The van der Waals surface area contributed by atoms with Crippen molar-refractivity contribution in [3.63, 3.8) is 0 Å². The summed E-state index contributed by atoms with van der Waals surface area (Å²) in [7, 11) is 5.75. The second kappa shape index (κ2) is 18.0. The molecule has 0 aromatic heterocycles. The predicted molar refractivity (Wildman–Crippen MR) is 176 cm³/mol. The number of methoxy groups -OCH3 is 4. The van der Waals surface area contributed by atoms with Gasteiger partial charge in [-0.1, -0.05) is 54.9 Å². The fourth-order valence-corrected chi connectivity index (χ4v) is 7.32. The summed E-state index contributed by atoms with van der Waals surface area (Å²) in [6, 6.07) is 8.40. The largest absolute Gasteiger partial charge is 0.497 e. The zero-order valence-corrected chi connectivity index (χ0v) is 29.3. The first-order valence-corrected chi connectivity index (χ1v) is 16.6. The average molecular weight is 623 g/mol. The van der Waals surface area contributed by atoms with Crippen molar-refractivity contribution in [2.24, 2.45) is 0 Å². The van der Waals surface area contributed by atoms with Crippen LogP contribution in [0.15, 0.2) is 24.3 Å². The van der Waals surface area contributed by atoms with E-state index in [9.17, 15) is 0 Å². The Hall–Kier alpha value is -2.09. The van der Waals surface area contributed by atoms with Gasteiger partial charge in [-0.15, -0.1) is 0 Å². The molecule has 0 saturated heterocycles. The molecule has 0 fully saturated rings. The van der Waals surface area contributed by atoms with Crippen LogP contribution < -0.4 is 29.6 Å². The number of unbranched alkanes of at least 4 members (excludes halogenated alkanes) is 1. The lowest BCUT2D eigenvalue weighted by Gasteiger charge is -2.32. The van der Waals surface area contributed by atoms with Gasteiger partial charge in [0.05, 0.1) is 40.6 Å². The van der Waals surface area contributed by atoms with Crippen LogP contribution in [0.25, 0.3) is 0 Å². The molecule has 0 saturated carbocycles. The van der Waals surface area contributed by atoms with Gasteiger partial charge in [-0.05, 0) is 55.6 Å². The van der Waals surface area contributed by atoms with Crippen LogP contribution in [-0.4, -0.2) is 74.6 Å². The summed E-state index contributed by atoms with van der Waals surface area (Å²) >= 11 is 0. The van der Waals surface area contributed by atoms with Crippen LogP contribution in [0.3, 0.4) is 0 Å². The van der Waals surface area contributed by atoms with E-state index < -0.39 is 7.92 Å². The second-order valence-corrected chi connectivity index (χ2v) is 14.6. The summed E-state index contributed by atoms with van der Waals surface area (Å²) in [4.78, 5) is 0. The van der Waals surface area contributed by atoms with Crippen molar-refractivity contribution in [1.29, 1.82) is 0 Å². The van der Waals surface area contributed by atoms with Crippen LogP contribution in [0.4, 0.5) is 0 Å². The minimum atomic E-state index is -0.994. The molecule has 0 aliphatic heterocycles. The summed E-state index contributed by atoms with van der Waals surface area (Å²) in [5.41, 5.74) is 1.70. The van der Waals surface area contributed by atoms with Crippen LogP contribution in [0.5, 0.6) is 23.0 Å². The Balaban J connectivity index is 2.86. The Bertz CT molecular complexity index is 1020. The van der Waals surface area contributed by atoms with Crippen LogP contribution in [0, 0.1) is 0 Å². The number of hydrogen-bond acceptors (Lipinski definition) is 8. The van der Waals surface area contributed by atoms with E-state index in [4.69, 9.17) is 37.9 Å². The minimum absolute atomic E-state index is 0.116. The van der Waals surface area contributed by atoms with E-state index in [1.807, 2.05) is 0 Å². The van der Waals surface area contributed by atoms with Crippen LogP contribution in [0.1, 0.15) is 72.4 Å². The molecule has 244 valence electrons. The second-order valence-electron chi connectivity index (χ2n) is 12.4. The van der Waals surface area contributed by atoms with E-state index in [-0.39, 0.29) is 24.4 Å². The van der Waals surface area contributed by atoms with Crippen molar-refractivity contribution in [2.75, 3.05) is 74.6 Å². The predicted octanol–water partition coefficient (Wildman–Crippen LogP) is 6.53. The molecular weight excluding hydrogens is 567 g/mol. The van der Waals surface area contributed by atoms with Crippen LogP contribution >= 0.6 is 7.92 Å². The Morgan fingerprint density at radius 1 is 0.605 bits per heavy atom. The van der Waals surface area contributed by atoms with Crippen molar-refractivity contribution < 1.29 is 37.9 Å². The SMILES string of the molecule is CCCCP(c1cc(OC)cc(C(C)(C)C)c1OCOCCOC)c1cc(OC)cc(C(C)(C)C)c1OCOCCOC. The standard InChI is InChI=1S/C34H55O8P/c1-12-13-18-43(29-21-25(37-10)19-27(33(2,3)4)31(29)41-23-39-16-14-35-8)30-22-26(38-11)20-28(34(5,6)7)32(30)42-24-40-17-15-36-9/h19-22H,12-18,23-24H2,1-11H3. The van der Waals surface area contributed by atoms with E-state index in [0.717, 1.165) is 63.7 Å². The lowest BCUT2D eigenvalue weighted by molar-refractivity contribution is -0.00873. The van der Waals surface area contributed by atoms with Gasteiger partial charge in [0.2, 0.25) is 0 Å². The number of benzene rings is 2. The molecule has 8 nitrogen and oxygen atoms in total. The average Bonchev–Trinajstić information content (AvgIpc) is 2.96. The normalized spacial score (nSPS) is 12.1. The molecule has 0 heterocycles. The Labute approximate surface area is 261 Å². The molecule has 43 heavy (non-hydrogen) atoms. The maximum absolute atomic E-state index is 6.51. The van der Waals surface area contributed by atoms with E-state index in [2.05, 4.69) is 72.7 Å². The van der Waals surface area contributed by atoms with Crippen molar-refractivity contribution >= 4 is 18.5 Å². The van der Waals surface area contributed by atoms with Crippen LogP contribution in [0.2, 0.25) is 0 Å². The van der Waals surface area contributed by atoms with Crippen molar-refractivity contribution in [3.8, 4) is 23.0 Å². The Morgan fingerprint density at radius 3 is 1.35 bits per heavy atom. The highest BCUT2D eigenvalue weighted by Gasteiger charge is 2.32. The molecule has 0 spiro atoms. The van der Waals surface area contributed by atoms with E-state index >= 15 is 0 Å². The summed E-state index contributed by atoms with van der Waals surface area (Å²) in [5.74, 6) is 3.24. The highest BCUT2D eigenvalue weighted by atomic mass is 31.1. The first-order valence-electron chi connectivity index (χ1n) is 15.0. The van der Waals surface area contributed by atoms with Gasteiger partial charge in [0.15, 0.2) is 13.6 Å². The zero-order chi connectivity index (χ0) is 32.0. The summed E-state index contributed by atoms with van der Waals surface area (Å²) in [6.45, 7) is 17.5. The van der Waals surface area contributed by atoms with Gasteiger partial charge in [0.25, 0.3) is 0 Å². The molecule has 2 rings (SSSR count). The summed E-state index contributed by atoms with van der Waals surface area (Å²) in [5, 5.41) is 2.17. The molecule has 0 aliphatic carbocycles. The van der Waals surface area contributed by atoms with Crippen molar-refractivity contribution in [1.82, 2.24) is 0 Å². The van der Waals surface area contributed by atoms with E-state index in [0.29, 0.717) is 26.4 Å². The molecule has 0 atom stereocenters. The molecule has 2 aromatic carbocycles. The number of hydrogen-bond donors (Lipinski definition) is 0. The van der Waals surface area contributed by atoms with E-state index in [1.54, 1.807) is 28.4 Å². The van der Waals surface area contributed by atoms with E-state index in [1.165, 1.54) is 0 Å². The molecule has 9 heteroatoms. The van der Waals surface area contributed by atoms with Gasteiger partial charge in [0, 0.05) is 36.0 Å². The van der Waals surface area contributed by atoms with Crippen molar-refractivity contribution in [2.45, 2.75) is 72.1 Å². The van der Waals surface area contributed by atoms with Gasteiger partial charge >= 0.3 is 0 Å². The molecule has 0 unspecified atom stereocenters. The highest BCUT2D eigenvalue weighted by molar-refractivity contribution is 7.73. The lowest BCUT2D eigenvalue weighted by Crippen LogP contribution is -2.26. The molecule has 2 aromatic rings. The lowest BCUT2D eigenvalue weighted by atomic mass is 9.86. The maximum Gasteiger partial charge on any atom is 0.189 e. The number of rotatable bonds is 19. The molecular formula is C34H55O8P. The maximum atomic E-state index is 6.51. The topological polar surface area (TPSA) is 73.8 Å². The molecule has 0 bridgehead atoms. The molecule has 0 N–H and O–H groups in total. The highest BCUT2D eigenvalue weighted by Crippen LogP contribution is 2.48. The third kappa shape index (κ3) is 11.1. The molecule has 0 aliphatic rings. The molecule has 0 radical (unpaired) electrons. The van der Waals surface area contributed by atoms with Crippen LogP contribution in [-0.2, 0) is 29.8 Å². The number of ether oxygens (including phenoxy) is 8. The smallest absolute Gasteiger partial charge is 0.189 e. The Morgan fingerprint density at radius 2 is 1.02 bits per heavy atom. The van der Waals surface area contributed by atoms with Gasteiger partial charge in [0.1, 0.15) is 23.0 Å². The molecule has 0 amide bonds. The fourth-order valence-electron chi connectivity index (χ4n) is 4.52. The Kier molecular flexibility index (Phi) is 15.5. The summed E-state index contributed by atoms with van der Waals surface area (Å²) in [6.07, 6.45) is 3.02. The zero-order valence-electron chi connectivity index (χ0n) is 28.4. The van der Waals surface area contributed by atoms with Gasteiger partial charge < -0.3 is 37.9 Å². The third-order valence-electron chi connectivity index (χ3n) is 6.93. The quantitative estimate of drug-likeness (QED) is 0.0995. The van der Waals surface area contributed by atoms with Gasteiger partial charge in [-0.3, -0.25) is 0 Å². The minimum Gasteiger partial charge on any atom is -0.497 e.